The van der Waals surface area contributed by atoms with Crippen LogP contribution in [0.4, 0.5) is 10.5 Å². The molecule has 0 fully saturated rings. The number of amides is 2. The van der Waals surface area contributed by atoms with Gasteiger partial charge < -0.3 is 10.2 Å². The number of anilines is 1. The van der Waals surface area contributed by atoms with Gasteiger partial charge in [-0.1, -0.05) is 35.4 Å². The van der Waals surface area contributed by atoms with Crippen molar-refractivity contribution in [3.63, 3.8) is 0 Å². The highest BCUT2D eigenvalue weighted by atomic mass is 35.5. The van der Waals surface area contributed by atoms with Crippen LogP contribution < -0.4 is 5.32 Å². The lowest BCUT2D eigenvalue weighted by atomic mass is 10.3. The lowest BCUT2D eigenvalue weighted by molar-refractivity contribution is 0.222. The van der Waals surface area contributed by atoms with Gasteiger partial charge >= 0.3 is 6.03 Å². The fourth-order valence-electron chi connectivity index (χ4n) is 1.34. The fraction of sp³-hybridized carbons (Fsp3) is 0.154. The Morgan fingerprint density at radius 1 is 1.28 bits per heavy atom. The Kier molecular flexibility index (Phi) is 5.75. The number of nitrogens with zero attached hydrogens (tertiary/aromatic N) is 1. The van der Waals surface area contributed by atoms with Crippen LogP contribution >= 0.6 is 23.2 Å². The summed E-state index contributed by atoms with van der Waals surface area (Å²) in [6.45, 7) is 8.07. The highest BCUT2D eigenvalue weighted by Gasteiger charge is 2.12. The number of carbonyl (C=O) groups is 1. The summed E-state index contributed by atoms with van der Waals surface area (Å²) in [6, 6.07) is 4.63. The second-order valence-electron chi connectivity index (χ2n) is 3.54. The van der Waals surface area contributed by atoms with E-state index >= 15 is 0 Å². The molecule has 0 aliphatic heterocycles. The molecule has 0 aromatic heterocycles. The van der Waals surface area contributed by atoms with Gasteiger partial charge in [-0.15, -0.1) is 13.2 Å². The summed E-state index contributed by atoms with van der Waals surface area (Å²) in [7, 11) is 0. The van der Waals surface area contributed by atoms with Crippen molar-refractivity contribution in [2.75, 3.05) is 18.4 Å². The molecule has 0 spiro atoms. The first kappa shape index (κ1) is 14.6. The van der Waals surface area contributed by atoms with Crippen molar-refractivity contribution >= 4 is 34.9 Å². The number of benzene rings is 1. The first-order valence-corrected chi connectivity index (χ1v) is 6.07. The highest BCUT2D eigenvalue weighted by Crippen LogP contribution is 2.25. The molecule has 96 valence electrons. The van der Waals surface area contributed by atoms with Crippen molar-refractivity contribution in [3.05, 3.63) is 53.6 Å². The molecule has 0 saturated heterocycles. The lowest BCUT2D eigenvalue weighted by Crippen LogP contribution is -2.35. The maximum absolute atomic E-state index is 12.0. The van der Waals surface area contributed by atoms with Gasteiger partial charge in [-0.2, -0.15) is 0 Å². The molecule has 0 bridgehead atoms. The third kappa shape index (κ3) is 4.09. The van der Waals surface area contributed by atoms with Gasteiger partial charge in [-0.25, -0.2) is 4.79 Å². The van der Waals surface area contributed by atoms with Gasteiger partial charge in [-0.05, 0) is 18.2 Å². The second-order valence-corrected chi connectivity index (χ2v) is 4.38. The van der Waals surface area contributed by atoms with Crippen LogP contribution in [0, 0.1) is 0 Å². The quantitative estimate of drug-likeness (QED) is 0.808. The maximum Gasteiger partial charge on any atom is 0.322 e. The van der Waals surface area contributed by atoms with E-state index in [0.29, 0.717) is 28.8 Å². The van der Waals surface area contributed by atoms with Gasteiger partial charge in [-0.3, -0.25) is 0 Å². The van der Waals surface area contributed by atoms with Gasteiger partial charge in [0.25, 0.3) is 0 Å². The molecule has 0 atom stereocenters. The monoisotopic (exact) mass is 284 g/mol. The largest absolute Gasteiger partial charge is 0.322 e. The van der Waals surface area contributed by atoms with E-state index in [4.69, 9.17) is 23.2 Å². The first-order chi connectivity index (χ1) is 8.58. The molecule has 1 aromatic rings. The molecule has 2 amide bonds. The molecule has 0 saturated carbocycles. The second kappa shape index (κ2) is 7.09. The van der Waals surface area contributed by atoms with Gasteiger partial charge in [0, 0.05) is 18.1 Å². The summed E-state index contributed by atoms with van der Waals surface area (Å²) in [6.07, 6.45) is 3.29. The Morgan fingerprint density at radius 3 is 2.39 bits per heavy atom. The van der Waals surface area contributed by atoms with Gasteiger partial charge in [0.2, 0.25) is 0 Å². The minimum absolute atomic E-state index is 0.265. The highest BCUT2D eigenvalue weighted by molar-refractivity contribution is 6.36. The molecule has 5 heteroatoms. The van der Waals surface area contributed by atoms with Crippen LogP contribution in [0.2, 0.25) is 10.0 Å². The number of hydrogen-bond donors (Lipinski definition) is 1. The lowest BCUT2D eigenvalue weighted by Gasteiger charge is -2.20. The van der Waals surface area contributed by atoms with Crippen LogP contribution in [0.5, 0.6) is 0 Å². The Bertz CT molecular complexity index is 450. The normalized spacial score (nSPS) is 9.67. The molecule has 1 aromatic carbocycles. The first-order valence-electron chi connectivity index (χ1n) is 5.31. The summed E-state index contributed by atoms with van der Waals surface area (Å²) >= 11 is 11.8. The topological polar surface area (TPSA) is 32.3 Å². The van der Waals surface area contributed by atoms with Crippen LogP contribution in [0.3, 0.4) is 0 Å². The summed E-state index contributed by atoms with van der Waals surface area (Å²) in [5.74, 6) is 0. The van der Waals surface area contributed by atoms with Crippen LogP contribution in [0.15, 0.2) is 43.5 Å². The zero-order valence-corrected chi connectivity index (χ0v) is 11.3. The number of halogens is 2. The molecule has 1 N–H and O–H groups in total. The molecular formula is C13H14Cl2N2O. The van der Waals surface area contributed by atoms with Crippen LogP contribution in [-0.4, -0.2) is 24.0 Å². The minimum atomic E-state index is -0.265. The molecule has 18 heavy (non-hydrogen) atoms. The summed E-state index contributed by atoms with van der Waals surface area (Å²) < 4.78 is 0. The van der Waals surface area contributed by atoms with E-state index in [1.807, 2.05) is 0 Å². The van der Waals surface area contributed by atoms with Crippen LogP contribution in [0.1, 0.15) is 0 Å². The van der Waals surface area contributed by atoms with Crippen molar-refractivity contribution in [1.29, 1.82) is 0 Å². The average molecular weight is 285 g/mol. The van der Waals surface area contributed by atoms with E-state index in [0.717, 1.165) is 0 Å². The van der Waals surface area contributed by atoms with E-state index in [1.54, 1.807) is 35.3 Å². The molecule has 0 aliphatic rings. The van der Waals surface area contributed by atoms with E-state index in [9.17, 15) is 4.79 Å². The Labute approximate surface area is 117 Å². The van der Waals surface area contributed by atoms with Crippen molar-refractivity contribution in [2.45, 2.75) is 0 Å². The van der Waals surface area contributed by atoms with Crippen molar-refractivity contribution in [1.82, 2.24) is 4.90 Å². The van der Waals surface area contributed by atoms with Gasteiger partial charge in [0.1, 0.15) is 0 Å². The van der Waals surface area contributed by atoms with Gasteiger partial charge in [0.15, 0.2) is 0 Å². The number of rotatable bonds is 5. The van der Waals surface area contributed by atoms with E-state index in [2.05, 4.69) is 18.5 Å². The zero-order chi connectivity index (χ0) is 13.5. The Balaban J connectivity index is 2.78. The molecule has 3 nitrogen and oxygen atoms in total. The average Bonchev–Trinajstić information content (AvgIpc) is 2.32. The van der Waals surface area contributed by atoms with E-state index < -0.39 is 0 Å². The van der Waals surface area contributed by atoms with Crippen molar-refractivity contribution in [2.24, 2.45) is 0 Å². The van der Waals surface area contributed by atoms with Gasteiger partial charge in [0.05, 0.1) is 10.7 Å². The number of nitrogens with one attached hydrogen (secondary N) is 1. The SMILES string of the molecule is C=CCN(CC=C)C(=O)Nc1ccc(Cl)cc1Cl. The third-order valence-electron chi connectivity index (χ3n) is 2.16. The van der Waals surface area contributed by atoms with E-state index in [-0.39, 0.29) is 6.03 Å². The van der Waals surface area contributed by atoms with Crippen molar-refractivity contribution in [3.8, 4) is 0 Å². The molecule has 0 radical (unpaired) electrons. The van der Waals surface area contributed by atoms with Crippen LogP contribution in [-0.2, 0) is 0 Å². The summed E-state index contributed by atoms with van der Waals surface area (Å²) in [5, 5.41) is 3.62. The molecule has 0 heterocycles. The summed E-state index contributed by atoms with van der Waals surface area (Å²) in [5.41, 5.74) is 0.518. The smallest absolute Gasteiger partial charge is 0.317 e. The molecule has 0 aliphatic carbocycles. The predicted molar refractivity (Wildman–Crippen MR) is 77.4 cm³/mol. The van der Waals surface area contributed by atoms with Crippen molar-refractivity contribution < 1.29 is 4.79 Å². The standard InChI is InChI=1S/C13H14Cl2N2O/c1-3-7-17(8-4-2)13(18)16-12-6-5-10(14)9-11(12)15/h3-6,9H,1-2,7-8H2,(H,16,18). The fourth-order valence-corrected chi connectivity index (χ4v) is 1.79. The van der Waals surface area contributed by atoms with E-state index in [1.165, 1.54) is 0 Å². The van der Waals surface area contributed by atoms with Crippen LogP contribution in [0.25, 0.3) is 0 Å². The number of urea groups is 1. The number of carbonyl (C=O) groups excluding carboxylic acids is 1. The number of hydrogen-bond acceptors (Lipinski definition) is 1. The zero-order valence-electron chi connectivity index (χ0n) is 9.83. The molecule has 0 unspecified atom stereocenters. The third-order valence-corrected chi connectivity index (χ3v) is 2.71. The minimum Gasteiger partial charge on any atom is -0.317 e. The Morgan fingerprint density at radius 2 is 1.89 bits per heavy atom. The predicted octanol–water partition coefficient (Wildman–Crippen LogP) is 4.20. The molecular weight excluding hydrogens is 271 g/mol. The summed E-state index contributed by atoms with van der Waals surface area (Å²) in [4.78, 5) is 13.5. The maximum atomic E-state index is 12.0. The molecule has 1 rings (SSSR count). The Hall–Kier alpha value is -1.45.